The highest BCUT2D eigenvalue weighted by molar-refractivity contribution is 7.88. The molecule has 1 fully saturated rings. The first-order valence-electron chi connectivity index (χ1n) is 7.05. The monoisotopic (exact) mass is 276 g/mol. The van der Waals surface area contributed by atoms with E-state index in [1.165, 1.54) is 12.7 Å². The first-order valence-corrected chi connectivity index (χ1v) is 8.90. The second-order valence-electron chi connectivity index (χ2n) is 5.87. The number of nitrogens with zero attached hydrogens (tertiary/aromatic N) is 1. The SMILES string of the molecule is CC(C)CNCCCC1CCCN(S(C)(=O)=O)C1. The zero-order valence-electron chi connectivity index (χ0n) is 12.0. The van der Waals surface area contributed by atoms with Crippen LogP contribution >= 0.6 is 0 Å². The minimum Gasteiger partial charge on any atom is -0.316 e. The standard InChI is InChI=1S/C13H28N2O2S/c1-12(2)10-14-8-4-6-13-7-5-9-15(11-13)18(3,16)17/h12-14H,4-11H2,1-3H3. The Morgan fingerprint density at radius 3 is 2.72 bits per heavy atom. The van der Waals surface area contributed by atoms with Gasteiger partial charge in [-0.3, -0.25) is 0 Å². The summed E-state index contributed by atoms with van der Waals surface area (Å²) in [7, 11) is -2.99. The predicted octanol–water partition coefficient (Wildman–Crippen LogP) is 1.68. The first-order chi connectivity index (χ1) is 8.39. The quantitative estimate of drug-likeness (QED) is 0.720. The van der Waals surface area contributed by atoms with E-state index in [2.05, 4.69) is 19.2 Å². The van der Waals surface area contributed by atoms with E-state index in [4.69, 9.17) is 0 Å². The van der Waals surface area contributed by atoms with Crippen LogP contribution in [0.1, 0.15) is 39.5 Å². The number of hydrogen-bond acceptors (Lipinski definition) is 3. The van der Waals surface area contributed by atoms with Crippen LogP contribution in [0.25, 0.3) is 0 Å². The molecule has 1 heterocycles. The molecular formula is C13H28N2O2S. The molecule has 1 aliphatic rings. The lowest BCUT2D eigenvalue weighted by Crippen LogP contribution is -2.39. The van der Waals surface area contributed by atoms with Gasteiger partial charge in [-0.25, -0.2) is 12.7 Å². The van der Waals surface area contributed by atoms with Crippen LogP contribution in [0.4, 0.5) is 0 Å². The third kappa shape index (κ3) is 6.16. The van der Waals surface area contributed by atoms with Crippen LogP contribution < -0.4 is 5.32 Å². The molecule has 1 saturated heterocycles. The number of piperidine rings is 1. The minimum atomic E-state index is -2.99. The van der Waals surface area contributed by atoms with Gasteiger partial charge in [0, 0.05) is 13.1 Å². The molecule has 1 aliphatic heterocycles. The van der Waals surface area contributed by atoms with Crippen LogP contribution in [-0.4, -0.2) is 45.2 Å². The Bertz CT molecular complexity index is 328. The summed E-state index contributed by atoms with van der Waals surface area (Å²) in [5.74, 6) is 1.25. The van der Waals surface area contributed by atoms with Gasteiger partial charge in [0.15, 0.2) is 0 Å². The normalized spacial score (nSPS) is 22.6. The van der Waals surface area contributed by atoms with Crippen LogP contribution in [0.15, 0.2) is 0 Å². The van der Waals surface area contributed by atoms with Crippen molar-refractivity contribution in [3.8, 4) is 0 Å². The van der Waals surface area contributed by atoms with Gasteiger partial charge in [-0.2, -0.15) is 0 Å². The highest BCUT2D eigenvalue weighted by atomic mass is 32.2. The molecule has 0 aromatic carbocycles. The van der Waals surface area contributed by atoms with Gasteiger partial charge >= 0.3 is 0 Å². The van der Waals surface area contributed by atoms with Gasteiger partial charge in [0.1, 0.15) is 0 Å². The molecule has 0 radical (unpaired) electrons. The molecule has 1 atom stereocenters. The van der Waals surface area contributed by atoms with Crippen molar-refractivity contribution < 1.29 is 8.42 Å². The third-order valence-corrected chi connectivity index (χ3v) is 4.74. The summed E-state index contributed by atoms with van der Waals surface area (Å²) in [5, 5.41) is 3.43. The molecule has 0 amide bonds. The molecule has 1 N–H and O–H groups in total. The maximum absolute atomic E-state index is 11.5. The molecule has 0 bridgehead atoms. The van der Waals surface area contributed by atoms with Crippen molar-refractivity contribution in [2.75, 3.05) is 32.4 Å². The van der Waals surface area contributed by atoms with E-state index in [0.29, 0.717) is 18.4 Å². The zero-order valence-corrected chi connectivity index (χ0v) is 12.8. The molecule has 0 aromatic rings. The lowest BCUT2D eigenvalue weighted by atomic mass is 9.95. The summed E-state index contributed by atoms with van der Waals surface area (Å²) in [4.78, 5) is 0. The molecule has 18 heavy (non-hydrogen) atoms. The van der Waals surface area contributed by atoms with Crippen LogP contribution in [0.2, 0.25) is 0 Å². The van der Waals surface area contributed by atoms with Crippen LogP contribution in [-0.2, 0) is 10.0 Å². The Morgan fingerprint density at radius 1 is 1.39 bits per heavy atom. The summed E-state index contributed by atoms with van der Waals surface area (Å²) >= 11 is 0. The van der Waals surface area contributed by atoms with Crippen molar-refractivity contribution in [1.29, 1.82) is 0 Å². The summed E-state index contributed by atoms with van der Waals surface area (Å²) in [6.07, 6.45) is 5.79. The van der Waals surface area contributed by atoms with E-state index >= 15 is 0 Å². The summed E-state index contributed by atoms with van der Waals surface area (Å²) in [5.41, 5.74) is 0. The minimum absolute atomic E-state index is 0.550. The average molecular weight is 276 g/mol. The Kier molecular flexibility index (Phi) is 6.60. The van der Waals surface area contributed by atoms with E-state index in [-0.39, 0.29) is 0 Å². The molecule has 5 heteroatoms. The van der Waals surface area contributed by atoms with E-state index in [9.17, 15) is 8.42 Å². The van der Waals surface area contributed by atoms with E-state index in [1.54, 1.807) is 4.31 Å². The summed E-state index contributed by atoms with van der Waals surface area (Å²) in [6.45, 7) is 7.97. The van der Waals surface area contributed by atoms with Gasteiger partial charge in [0.05, 0.1) is 6.26 Å². The first kappa shape index (κ1) is 15.9. The van der Waals surface area contributed by atoms with Gasteiger partial charge < -0.3 is 5.32 Å². The fourth-order valence-electron chi connectivity index (χ4n) is 2.47. The number of rotatable bonds is 7. The van der Waals surface area contributed by atoms with Crippen LogP contribution in [0.5, 0.6) is 0 Å². The van der Waals surface area contributed by atoms with Gasteiger partial charge in [0.2, 0.25) is 10.0 Å². The topological polar surface area (TPSA) is 49.4 Å². The van der Waals surface area contributed by atoms with E-state index in [0.717, 1.165) is 38.9 Å². The zero-order chi connectivity index (χ0) is 13.6. The van der Waals surface area contributed by atoms with Crippen molar-refractivity contribution in [1.82, 2.24) is 9.62 Å². The second-order valence-corrected chi connectivity index (χ2v) is 7.85. The Labute approximate surface area is 112 Å². The van der Waals surface area contributed by atoms with Crippen molar-refractivity contribution in [3.63, 3.8) is 0 Å². The molecular weight excluding hydrogens is 248 g/mol. The Balaban J connectivity index is 2.19. The molecule has 0 spiro atoms. The molecule has 108 valence electrons. The van der Waals surface area contributed by atoms with Gasteiger partial charge in [-0.1, -0.05) is 13.8 Å². The van der Waals surface area contributed by atoms with Crippen molar-refractivity contribution in [3.05, 3.63) is 0 Å². The van der Waals surface area contributed by atoms with Crippen molar-refractivity contribution in [2.24, 2.45) is 11.8 Å². The lowest BCUT2D eigenvalue weighted by molar-refractivity contribution is 0.253. The smallest absolute Gasteiger partial charge is 0.211 e. The average Bonchev–Trinajstić information content (AvgIpc) is 2.27. The predicted molar refractivity (Wildman–Crippen MR) is 76.1 cm³/mol. The van der Waals surface area contributed by atoms with E-state index < -0.39 is 10.0 Å². The lowest BCUT2D eigenvalue weighted by Gasteiger charge is -2.31. The number of hydrogen-bond donors (Lipinski definition) is 1. The number of sulfonamides is 1. The van der Waals surface area contributed by atoms with Gasteiger partial charge in [-0.15, -0.1) is 0 Å². The maximum atomic E-state index is 11.5. The van der Waals surface area contributed by atoms with Crippen LogP contribution in [0, 0.1) is 11.8 Å². The molecule has 0 saturated carbocycles. The summed E-state index contributed by atoms with van der Waals surface area (Å²) in [6, 6.07) is 0. The maximum Gasteiger partial charge on any atom is 0.211 e. The number of nitrogens with one attached hydrogen (secondary N) is 1. The highest BCUT2D eigenvalue weighted by Gasteiger charge is 2.25. The van der Waals surface area contributed by atoms with Crippen molar-refractivity contribution in [2.45, 2.75) is 39.5 Å². The van der Waals surface area contributed by atoms with E-state index in [1.807, 2.05) is 0 Å². The van der Waals surface area contributed by atoms with Crippen molar-refractivity contribution >= 4 is 10.0 Å². The highest BCUT2D eigenvalue weighted by Crippen LogP contribution is 2.22. The third-order valence-electron chi connectivity index (χ3n) is 3.47. The van der Waals surface area contributed by atoms with Gasteiger partial charge in [0.25, 0.3) is 0 Å². The second kappa shape index (κ2) is 7.46. The fourth-order valence-corrected chi connectivity index (χ4v) is 3.41. The largest absolute Gasteiger partial charge is 0.316 e. The molecule has 1 rings (SSSR count). The Hall–Kier alpha value is -0.130. The van der Waals surface area contributed by atoms with Crippen LogP contribution in [0.3, 0.4) is 0 Å². The fraction of sp³-hybridized carbons (Fsp3) is 1.00. The molecule has 4 nitrogen and oxygen atoms in total. The summed E-state index contributed by atoms with van der Waals surface area (Å²) < 4.78 is 24.6. The molecule has 0 aromatic heterocycles. The van der Waals surface area contributed by atoms with Gasteiger partial charge in [-0.05, 0) is 50.6 Å². The molecule has 1 unspecified atom stereocenters. The Morgan fingerprint density at radius 2 is 2.11 bits per heavy atom. The molecule has 0 aliphatic carbocycles.